The van der Waals surface area contributed by atoms with E-state index in [0.29, 0.717) is 39.4 Å². The number of H-pyrrole nitrogens is 1. The third-order valence-corrected chi connectivity index (χ3v) is 9.10. The van der Waals surface area contributed by atoms with Crippen molar-refractivity contribution in [2.75, 3.05) is 40.0 Å². The largest absolute Gasteiger partial charge is 0.497 e. The van der Waals surface area contributed by atoms with Gasteiger partial charge in [0.2, 0.25) is 5.91 Å². The van der Waals surface area contributed by atoms with Gasteiger partial charge in [-0.3, -0.25) is 14.8 Å². The molecule has 3 amide bonds. The van der Waals surface area contributed by atoms with Crippen molar-refractivity contribution in [3.8, 4) is 5.75 Å². The van der Waals surface area contributed by atoms with Gasteiger partial charge in [-0.2, -0.15) is 5.10 Å². The summed E-state index contributed by atoms with van der Waals surface area (Å²) in [6, 6.07) is 7.95. The standard InChI is InChI=1S/C32H39N5O4/c1-3-24-7-5-8-27(10-11-29(24)25-17-33-34-18-25)36-22-32(12-14-35(15-13-32)30(38)26-20-41-21-26)37(31(36)39)19-23-6-4-9-28(16-23)40-2/h4,6,8-11,16-18,26H,3,5,7,12-15,19-22H2,1-2H3,(H,33,34)/b11-10-,27-8+,29-24+. The van der Waals surface area contributed by atoms with Gasteiger partial charge in [-0.15, -0.1) is 0 Å². The zero-order valence-corrected chi connectivity index (χ0v) is 24.0. The zero-order chi connectivity index (χ0) is 28.4. The maximum atomic E-state index is 14.3. The molecule has 1 N–H and O–H groups in total. The number of benzene rings is 1. The molecule has 1 aliphatic carbocycles. The number of carbonyl (C=O) groups excluding carboxylic acids is 2. The molecule has 4 aliphatic rings. The first-order valence-electron chi connectivity index (χ1n) is 14.7. The van der Waals surface area contributed by atoms with Crippen LogP contribution in [0.1, 0.15) is 50.2 Å². The van der Waals surface area contributed by atoms with Crippen LogP contribution < -0.4 is 4.74 Å². The van der Waals surface area contributed by atoms with Crippen LogP contribution in [-0.4, -0.2) is 82.3 Å². The molecule has 216 valence electrons. The van der Waals surface area contributed by atoms with Crippen LogP contribution >= 0.6 is 0 Å². The molecule has 0 atom stereocenters. The number of aromatic nitrogens is 2. The Kier molecular flexibility index (Phi) is 7.71. The van der Waals surface area contributed by atoms with Crippen molar-refractivity contribution in [1.82, 2.24) is 24.9 Å². The van der Waals surface area contributed by atoms with Gasteiger partial charge in [0.15, 0.2) is 0 Å². The van der Waals surface area contributed by atoms with Crippen molar-refractivity contribution in [2.45, 2.75) is 51.1 Å². The Balaban J connectivity index is 1.28. The second-order valence-corrected chi connectivity index (χ2v) is 11.4. The van der Waals surface area contributed by atoms with Crippen LogP contribution in [0.5, 0.6) is 5.75 Å². The molecular weight excluding hydrogens is 518 g/mol. The summed E-state index contributed by atoms with van der Waals surface area (Å²) >= 11 is 0. The molecule has 1 spiro atoms. The van der Waals surface area contributed by atoms with E-state index in [2.05, 4.69) is 35.3 Å². The number of hydrogen-bond donors (Lipinski definition) is 1. The highest BCUT2D eigenvalue weighted by atomic mass is 16.5. The summed E-state index contributed by atoms with van der Waals surface area (Å²) in [5.74, 6) is 0.941. The van der Waals surface area contributed by atoms with Gasteiger partial charge in [0.25, 0.3) is 0 Å². The van der Waals surface area contributed by atoms with E-state index in [4.69, 9.17) is 9.47 Å². The SMILES string of the molecule is CC/C1=C(c2cn[nH]c2)/C=C\C(N2CC3(CCN(C(=O)C4COC4)CC3)N(Cc3cccc(OC)c3)C2=O)=C/CC1. The number of hydrogen-bond acceptors (Lipinski definition) is 5. The number of nitrogens with one attached hydrogen (secondary N) is 1. The molecule has 4 heterocycles. The smallest absolute Gasteiger partial charge is 0.325 e. The molecule has 0 radical (unpaired) electrons. The van der Waals surface area contributed by atoms with Crippen LogP contribution in [-0.2, 0) is 16.1 Å². The van der Waals surface area contributed by atoms with E-state index in [-0.39, 0.29) is 23.4 Å². The highest BCUT2D eigenvalue weighted by Gasteiger charge is 2.52. The molecule has 0 unspecified atom stereocenters. The summed E-state index contributed by atoms with van der Waals surface area (Å²) in [6.07, 6.45) is 14.5. The molecule has 3 saturated heterocycles. The Bertz CT molecular complexity index is 1370. The number of amides is 3. The van der Waals surface area contributed by atoms with E-state index < -0.39 is 0 Å². The molecule has 0 bridgehead atoms. The molecule has 2 aromatic rings. The molecule has 3 fully saturated rings. The maximum Gasteiger partial charge on any atom is 0.325 e. The Labute approximate surface area is 241 Å². The number of rotatable bonds is 7. The second-order valence-electron chi connectivity index (χ2n) is 11.4. The molecule has 41 heavy (non-hydrogen) atoms. The number of allylic oxidation sites excluding steroid dienone is 5. The highest BCUT2D eigenvalue weighted by molar-refractivity contribution is 5.83. The summed E-state index contributed by atoms with van der Waals surface area (Å²) in [5.41, 5.74) is 5.23. The van der Waals surface area contributed by atoms with Gasteiger partial charge in [-0.05, 0) is 61.4 Å². The summed E-state index contributed by atoms with van der Waals surface area (Å²) in [5, 5.41) is 7.10. The molecule has 0 saturated carbocycles. The first kappa shape index (κ1) is 27.3. The van der Waals surface area contributed by atoms with Gasteiger partial charge in [0.1, 0.15) is 5.75 Å². The summed E-state index contributed by atoms with van der Waals surface area (Å²) in [7, 11) is 1.66. The predicted octanol–water partition coefficient (Wildman–Crippen LogP) is 4.76. The van der Waals surface area contributed by atoms with E-state index in [9.17, 15) is 9.59 Å². The number of urea groups is 1. The van der Waals surface area contributed by atoms with Crippen LogP contribution in [0.25, 0.3) is 5.57 Å². The lowest BCUT2D eigenvalue weighted by Crippen LogP contribution is -2.57. The average molecular weight is 558 g/mol. The molecule has 6 rings (SSSR count). The zero-order valence-electron chi connectivity index (χ0n) is 24.0. The van der Waals surface area contributed by atoms with Crippen LogP contribution in [0.3, 0.4) is 0 Å². The number of carbonyl (C=O) groups is 2. The maximum absolute atomic E-state index is 14.3. The molecule has 1 aromatic heterocycles. The van der Waals surface area contributed by atoms with E-state index in [1.807, 2.05) is 51.4 Å². The minimum absolute atomic E-state index is 0.0148. The Morgan fingerprint density at radius 1 is 1.22 bits per heavy atom. The average Bonchev–Trinajstić information content (AvgIpc) is 3.57. The monoisotopic (exact) mass is 557 g/mol. The summed E-state index contributed by atoms with van der Waals surface area (Å²) in [6.45, 7) is 5.61. The molecule has 3 aliphatic heterocycles. The Morgan fingerprint density at radius 2 is 2.05 bits per heavy atom. The van der Waals surface area contributed by atoms with E-state index in [0.717, 1.165) is 54.7 Å². The number of likely N-dealkylation sites (tertiary alicyclic amines) is 1. The Morgan fingerprint density at radius 3 is 2.73 bits per heavy atom. The highest BCUT2D eigenvalue weighted by Crippen LogP contribution is 2.40. The number of nitrogens with zero attached hydrogens (tertiary/aromatic N) is 4. The fourth-order valence-corrected chi connectivity index (χ4v) is 6.54. The van der Waals surface area contributed by atoms with Gasteiger partial charge >= 0.3 is 6.03 Å². The van der Waals surface area contributed by atoms with E-state index in [1.165, 1.54) is 11.1 Å². The van der Waals surface area contributed by atoms with Crippen LogP contribution in [0, 0.1) is 5.92 Å². The summed E-state index contributed by atoms with van der Waals surface area (Å²) in [4.78, 5) is 33.2. The number of ether oxygens (including phenoxy) is 2. The van der Waals surface area contributed by atoms with Crippen molar-refractivity contribution in [2.24, 2.45) is 5.92 Å². The van der Waals surface area contributed by atoms with Crippen LogP contribution in [0.4, 0.5) is 4.79 Å². The van der Waals surface area contributed by atoms with Crippen LogP contribution in [0.2, 0.25) is 0 Å². The van der Waals surface area contributed by atoms with Gasteiger partial charge in [-0.1, -0.05) is 36.8 Å². The fourth-order valence-electron chi connectivity index (χ4n) is 6.54. The quantitative estimate of drug-likeness (QED) is 0.530. The normalized spacial score (nSPS) is 25.0. The lowest BCUT2D eigenvalue weighted by Gasteiger charge is -2.45. The van der Waals surface area contributed by atoms with E-state index >= 15 is 0 Å². The minimum atomic E-state index is -0.359. The third kappa shape index (κ3) is 5.30. The van der Waals surface area contributed by atoms with Crippen LogP contribution in [0.15, 0.2) is 66.2 Å². The van der Waals surface area contributed by atoms with E-state index in [1.54, 1.807) is 7.11 Å². The molecular formula is C32H39N5O4. The third-order valence-electron chi connectivity index (χ3n) is 9.10. The first-order chi connectivity index (χ1) is 20.0. The van der Waals surface area contributed by atoms with Gasteiger partial charge in [0.05, 0.1) is 44.5 Å². The molecule has 9 nitrogen and oxygen atoms in total. The predicted molar refractivity (Wildman–Crippen MR) is 156 cm³/mol. The minimum Gasteiger partial charge on any atom is -0.497 e. The van der Waals surface area contributed by atoms with Crippen molar-refractivity contribution >= 4 is 17.5 Å². The van der Waals surface area contributed by atoms with Crippen molar-refractivity contribution < 1.29 is 19.1 Å². The number of aromatic amines is 1. The topological polar surface area (TPSA) is 91.0 Å². The Hall–Kier alpha value is -3.85. The molecule has 9 heteroatoms. The number of methoxy groups -OCH3 is 1. The second kappa shape index (κ2) is 11.6. The molecule has 1 aromatic carbocycles. The van der Waals surface area contributed by atoms with Gasteiger partial charge in [-0.25, -0.2) is 4.79 Å². The number of piperidine rings is 1. The van der Waals surface area contributed by atoms with Gasteiger partial charge < -0.3 is 19.3 Å². The van der Waals surface area contributed by atoms with Crippen molar-refractivity contribution in [3.05, 3.63) is 77.3 Å². The van der Waals surface area contributed by atoms with Crippen molar-refractivity contribution in [1.29, 1.82) is 0 Å². The van der Waals surface area contributed by atoms with Gasteiger partial charge in [0, 0.05) is 37.1 Å². The fraction of sp³-hybridized carbons (Fsp3) is 0.469. The lowest BCUT2D eigenvalue weighted by molar-refractivity contribution is -0.152. The first-order valence-corrected chi connectivity index (χ1v) is 14.7. The van der Waals surface area contributed by atoms with Crippen molar-refractivity contribution in [3.63, 3.8) is 0 Å². The summed E-state index contributed by atoms with van der Waals surface area (Å²) < 4.78 is 10.7. The lowest BCUT2D eigenvalue weighted by atomic mass is 9.85.